The Labute approximate surface area is 135 Å². The maximum absolute atomic E-state index is 12.1. The number of ether oxygens (including phenoxy) is 1. The predicted molar refractivity (Wildman–Crippen MR) is 86.3 cm³/mol. The average Bonchev–Trinajstić information content (AvgIpc) is 2.99. The lowest BCUT2D eigenvalue weighted by molar-refractivity contribution is 0.0851. The van der Waals surface area contributed by atoms with Crippen LogP contribution in [0.4, 0.5) is 9.93 Å². The fourth-order valence-corrected chi connectivity index (χ4v) is 4.13. The van der Waals surface area contributed by atoms with Gasteiger partial charge in [0.05, 0.1) is 0 Å². The van der Waals surface area contributed by atoms with Gasteiger partial charge >= 0.3 is 6.03 Å². The van der Waals surface area contributed by atoms with E-state index in [1.807, 2.05) is 0 Å². The van der Waals surface area contributed by atoms with Crippen LogP contribution >= 0.6 is 11.3 Å². The summed E-state index contributed by atoms with van der Waals surface area (Å²) < 4.78 is 5.36. The molecule has 1 aliphatic heterocycles. The molecule has 1 saturated heterocycles. The molecule has 0 radical (unpaired) electrons. The number of amides is 2. The summed E-state index contributed by atoms with van der Waals surface area (Å²) >= 11 is 1.48. The zero-order chi connectivity index (χ0) is 15.4. The molecule has 2 amide bonds. The predicted octanol–water partition coefficient (Wildman–Crippen LogP) is 3.13. The molecule has 6 nitrogen and oxygen atoms in total. The van der Waals surface area contributed by atoms with Gasteiger partial charge in [0.1, 0.15) is 5.01 Å². The molecule has 22 heavy (non-hydrogen) atoms. The summed E-state index contributed by atoms with van der Waals surface area (Å²) in [6.07, 6.45) is 6.70. The third-order valence-electron chi connectivity index (χ3n) is 4.66. The van der Waals surface area contributed by atoms with Crippen LogP contribution in [-0.2, 0) is 4.74 Å². The minimum absolute atomic E-state index is 0.159. The molecule has 0 aromatic carbocycles. The normalized spacial score (nSPS) is 26.6. The van der Waals surface area contributed by atoms with E-state index in [4.69, 9.17) is 4.74 Å². The molecular weight excluding hydrogens is 300 g/mol. The Hall–Kier alpha value is -1.21. The summed E-state index contributed by atoms with van der Waals surface area (Å²) in [6, 6.07) is 0.116. The van der Waals surface area contributed by atoms with Crippen molar-refractivity contribution in [1.29, 1.82) is 0 Å². The van der Waals surface area contributed by atoms with E-state index in [2.05, 4.69) is 27.8 Å². The Bertz CT molecular complexity index is 501. The molecule has 2 heterocycles. The number of carbonyl (C=O) groups is 1. The van der Waals surface area contributed by atoms with E-state index >= 15 is 0 Å². The standard InChI is InChI=1S/C15H24N4O2S/c1-10-4-2-3-5-12(10)16-14(20)17-15-19-18-13(22-15)11-6-8-21-9-7-11/h10-12H,2-9H2,1H3,(H2,16,17,19,20). The lowest BCUT2D eigenvalue weighted by atomic mass is 9.86. The lowest BCUT2D eigenvalue weighted by Crippen LogP contribution is -2.43. The van der Waals surface area contributed by atoms with Crippen LogP contribution in [-0.4, -0.2) is 35.5 Å². The second-order valence-corrected chi connectivity index (χ2v) is 7.31. The smallest absolute Gasteiger partial charge is 0.321 e. The van der Waals surface area contributed by atoms with E-state index in [9.17, 15) is 4.79 Å². The van der Waals surface area contributed by atoms with Crippen molar-refractivity contribution in [2.45, 2.75) is 57.4 Å². The number of aromatic nitrogens is 2. The highest BCUT2D eigenvalue weighted by Crippen LogP contribution is 2.30. The Balaban J connectivity index is 1.52. The highest BCUT2D eigenvalue weighted by atomic mass is 32.1. The van der Waals surface area contributed by atoms with Crippen molar-refractivity contribution in [1.82, 2.24) is 15.5 Å². The van der Waals surface area contributed by atoms with Crippen LogP contribution < -0.4 is 10.6 Å². The van der Waals surface area contributed by atoms with E-state index in [1.54, 1.807) is 0 Å². The number of anilines is 1. The lowest BCUT2D eigenvalue weighted by Gasteiger charge is -2.29. The molecule has 2 unspecified atom stereocenters. The Morgan fingerprint density at radius 2 is 1.95 bits per heavy atom. The molecule has 2 atom stereocenters. The summed E-state index contributed by atoms with van der Waals surface area (Å²) in [5.41, 5.74) is 0. The summed E-state index contributed by atoms with van der Waals surface area (Å²) in [7, 11) is 0. The second kappa shape index (κ2) is 7.37. The summed E-state index contributed by atoms with van der Waals surface area (Å²) in [6.45, 7) is 3.78. The number of nitrogens with one attached hydrogen (secondary N) is 2. The Morgan fingerprint density at radius 1 is 1.18 bits per heavy atom. The topological polar surface area (TPSA) is 76.1 Å². The first-order valence-corrected chi connectivity index (χ1v) is 9.02. The SMILES string of the molecule is CC1CCCCC1NC(=O)Nc1nnc(C2CCOCC2)s1. The number of carbonyl (C=O) groups excluding carboxylic acids is 1. The van der Waals surface area contributed by atoms with Crippen LogP contribution in [0.5, 0.6) is 0 Å². The molecule has 1 aromatic rings. The van der Waals surface area contributed by atoms with Gasteiger partial charge in [-0.1, -0.05) is 31.1 Å². The number of hydrogen-bond donors (Lipinski definition) is 2. The van der Waals surface area contributed by atoms with Gasteiger partial charge in [0.25, 0.3) is 0 Å². The molecule has 122 valence electrons. The van der Waals surface area contributed by atoms with Crippen molar-refractivity contribution >= 4 is 22.5 Å². The van der Waals surface area contributed by atoms with Crippen molar-refractivity contribution in [2.24, 2.45) is 5.92 Å². The van der Waals surface area contributed by atoms with Crippen molar-refractivity contribution in [3.8, 4) is 0 Å². The molecule has 1 aliphatic carbocycles. The van der Waals surface area contributed by atoms with Gasteiger partial charge in [0, 0.05) is 25.2 Å². The van der Waals surface area contributed by atoms with Gasteiger partial charge in [-0.25, -0.2) is 4.79 Å². The van der Waals surface area contributed by atoms with Crippen LogP contribution in [0.1, 0.15) is 56.4 Å². The van der Waals surface area contributed by atoms with E-state index in [0.717, 1.165) is 37.5 Å². The van der Waals surface area contributed by atoms with Gasteiger partial charge in [-0.05, 0) is 31.6 Å². The van der Waals surface area contributed by atoms with Gasteiger partial charge in [0.2, 0.25) is 5.13 Å². The molecule has 0 spiro atoms. The quantitative estimate of drug-likeness (QED) is 0.895. The maximum atomic E-state index is 12.1. The van der Waals surface area contributed by atoms with E-state index in [1.165, 1.54) is 30.6 Å². The number of nitrogens with zero attached hydrogens (tertiary/aromatic N) is 2. The van der Waals surface area contributed by atoms with Crippen LogP contribution in [0.3, 0.4) is 0 Å². The maximum Gasteiger partial charge on any atom is 0.321 e. The molecule has 0 bridgehead atoms. The Morgan fingerprint density at radius 3 is 2.73 bits per heavy atom. The summed E-state index contributed by atoms with van der Waals surface area (Å²) in [5, 5.41) is 15.8. The highest BCUT2D eigenvalue weighted by Gasteiger charge is 2.24. The zero-order valence-electron chi connectivity index (χ0n) is 13.0. The summed E-state index contributed by atoms with van der Waals surface area (Å²) in [5.74, 6) is 0.968. The largest absolute Gasteiger partial charge is 0.381 e. The first kappa shape index (κ1) is 15.7. The zero-order valence-corrected chi connectivity index (χ0v) is 13.8. The number of rotatable bonds is 3. The van der Waals surface area contributed by atoms with Crippen LogP contribution in [0.25, 0.3) is 0 Å². The van der Waals surface area contributed by atoms with Gasteiger partial charge in [-0.2, -0.15) is 0 Å². The second-order valence-electron chi connectivity index (χ2n) is 6.30. The minimum Gasteiger partial charge on any atom is -0.381 e. The molecule has 2 aliphatic rings. The van der Waals surface area contributed by atoms with E-state index < -0.39 is 0 Å². The van der Waals surface area contributed by atoms with Crippen LogP contribution in [0.2, 0.25) is 0 Å². The molecule has 7 heteroatoms. The van der Waals surface area contributed by atoms with Gasteiger partial charge in [-0.15, -0.1) is 10.2 Å². The van der Waals surface area contributed by atoms with Crippen LogP contribution in [0.15, 0.2) is 0 Å². The minimum atomic E-state index is -0.159. The molecular formula is C15H24N4O2S. The number of urea groups is 1. The van der Waals surface area contributed by atoms with Crippen molar-refractivity contribution < 1.29 is 9.53 Å². The van der Waals surface area contributed by atoms with E-state index in [0.29, 0.717) is 17.0 Å². The first-order chi connectivity index (χ1) is 10.7. The Kier molecular flexibility index (Phi) is 5.25. The first-order valence-electron chi connectivity index (χ1n) is 8.21. The monoisotopic (exact) mass is 324 g/mol. The third kappa shape index (κ3) is 3.95. The van der Waals surface area contributed by atoms with Crippen LogP contribution in [0, 0.1) is 5.92 Å². The molecule has 2 N–H and O–H groups in total. The van der Waals surface area contributed by atoms with Crippen molar-refractivity contribution in [3.63, 3.8) is 0 Å². The van der Waals surface area contributed by atoms with Gasteiger partial charge < -0.3 is 10.1 Å². The molecule has 1 aromatic heterocycles. The fourth-order valence-electron chi connectivity index (χ4n) is 3.23. The van der Waals surface area contributed by atoms with Gasteiger partial charge in [0.15, 0.2) is 0 Å². The fraction of sp³-hybridized carbons (Fsp3) is 0.800. The third-order valence-corrected chi connectivity index (χ3v) is 5.66. The molecule has 2 fully saturated rings. The average molecular weight is 324 g/mol. The number of hydrogen-bond acceptors (Lipinski definition) is 5. The highest BCUT2D eigenvalue weighted by molar-refractivity contribution is 7.15. The van der Waals surface area contributed by atoms with Gasteiger partial charge in [-0.3, -0.25) is 5.32 Å². The van der Waals surface area contributed by atoms with Crippen molar-refractivity contribution in [2.75, 3.05) is 18.5 Å². The van der Waals surface area contributed by atoms with Crippen molar-refractivity contribution in [3.05, 3.63) is 5.01 Å². The van der Waals surface area contributed by atoms with E-state index in [-0.39, 0.29) is 12.1 Å². The molecule has 3 rings (SSSR count). The summed E-state index contributed by atoms with van der Waals surface area (Å²) in [4.78, 5) is 12.1. The molecule has 1 saturated carbocycles.